The molecule has 1 aliphatic carbocycles. The van der Waals surface area contributed by atoms with E-state index in [2.05, 4.69) is 31.5 Å². The van der Waals surface area contributed by atoms with E-state index in [1.54, 1.807) is 11.1 Å². The van der Waals surface area contributed by atoms with Crippen molar-refractivity contribution in [3.63, 3.8) is 0 Å². The van der Waals surface area contributed by atoms with Crippen molar-refractivity contribution < 1.29 is 23.8 Å². The number of hydrogen-bond acceptors (Lipinski definition) is 8. The molecule has 3 fully saturated rings. The van der Waals surface area contributed by atoms with Gasteiger partial charge in [0.2, 0.25) is 10.0 Å². The van der Waals surface area contributed by atoms with Crippen molar-refractivity contribution in [2.24, 2.45) is 5.41 Å². The highest BCUT2D eigenvalue weighted by molar-refractivity contribution is 7.88. The number of carbonyl (C=O) groups excluding carboxylic acids is 1. The van der Waals surface area contributed by atoms with Gasteiger partial charge in [-0.15, -0.1) is 0 Å². The number of likely N-dealkylation sites (tertiary alicyclic amines) is 1. The summed E-state index contributed by atoms with van der Waals surface area (Å²) in [6.45, 7) is 11.9. The number of sulfonamides is 1. The summed E-state index contributed by atoms with van der Waals surface area (Å²) < 4.78 is 44.5. The molecule has 0 bridgehead atoms. The Bertz CT molecular complexity index is 1370. The Hall–Kier alpha value is -2.83. The topological polar surface area (TPSA) is 108 Å². The van der Waals surface area contributed by atoms with Crippen molar-refractivity contribution in [1.29, 1.82) is 0 Å². The van der Waals surface area contributed by atoms with Crippen molar-refractivity contribution in [3.8, 4) is 11.5 Å². The molecule has 0 unspecified atom stereocenters. The third kappa shape index (κ3) is 8.88. The minimum absolute atomic E-state index is 0. The fourth-order valence-corrected chi connectivity index (χ4v) is 7.39. The summed E-state index contributed by atoms with van der Waals surface area (Å²) in [5, 5.41) is 0. The van der Waals surface area contributed by atoms with Crippen LogP contribution in [0.3, 0.4) is 0 Å². The quantitative estimate of drug-likeness (QED) is 0.416. The van der Waals surface area contributed by atoms with Crippen LogP contribution in [0, 0.1) is 11.2 Å². The van der Waals surface area contributed by atoms with Gasteiger partial charge < -0.3 is 19.4 Å². The number of piperidine rings is 1. The van der Waals surface area contributed by atoms with Crippen LogP contribution >= 0.6 is 0 Å². The summed E-state index contributed by atoms with van der Waals surface area (Å²) in [7, 11) is -0.806. The molecule has 246 valence electrons. The second-order valence-corrected chi connectivity index (χ2v) is 15.0. The van der Waals surface area contributed by atoms with E-state index in [9.17, 15) is 17.6 Å². The van der Waals surface area contributed by atoms with Gasteiger partial charge >= 0.3 is 0 Å². The summed E-state index contributed by atoms with van der Waals surface area (Å²) in [6.07, 6.45) is 12.3. The lowest BCUT2D eigenvalue weighted by Gasteiger charge is -2.54. The Kier molecular flexibility index (Phi) is 11.2. The summed E-state index contributed by atoms with van der Waals surface area (Å²) in [5.41, 5.74) is 0.531. The van der Waals surface area contributed by atoms with Crippen LogP contribution in [0.15, 0.2) is 30.7 Å². The average Bonchev–Trinajstić information content (AvgIpc) is 2.93. The molecular weight excluding hydrogens is 583 g/mol. The number of halogens is 1. The molecule has 1 N–H and O–H groups in total. The molecule has 44 heavy (non-hydrogen) atoms. The number of nitrogens with one attached hydrogen (secondary N) is 1. The lowest BCUT2D eigenvalue weighted by molar-refractivity contribution is 0.0640. The SMILES string of the molecule is CC(C)N(C(=O)c1cc(F)ccc1Oc1cncnc1N1CC2(CCN(C)CC2)C1)C(C)C.CS(=O)(=O)NC1CCCCC1.[HH]. The smallest absolute Gasteiger partial charge is 0.258 e. The van der Waals surface area contributed by atoms with Crippen LogP contribution in [0.5, 0.6) is 11.5 Å². The number of benzene rings is 1. The molecule has 3 heterocycles. The number of rotatable bonds is 8. The van der Waals surface area contributed by atoms with Crippen molar-refractivity contribution in [2.45, 2.75) is 90.8 Å². The third-order valence-electron chi connectivity index (χ3n) is 8.78. The number of ether oxygens (including phenoxy) is 1. The molecule has 3 aliphatic rings. The molecule has 2 saturated heterocycles. The van der Waals surface area contributed by atoms with Crippen LogP contribution in [0.25, 0.3) is 0 Å². The van der Waals surface area contributed by atoms with E-state index in [1.807, 2.05) is 27.7 Å². The molecule has 1 amide bonds. The third-order valence-corrected chi connectivity index (χ3v) is 9.55. The Labute approximate surface area is 263 Å². The van der Waals surface area contributed by atoms with Crippen LogP contribution < -0.4 is 14.4 Å². The second-order valence-electron chi connectivity index (χ2n) is 13.2. The molecule has 12 heteroatoms. The Morgan fingerprint density at radius 2 is 1.73 bits per heavy atom. The lowest BCUT2D eigenvalue weighted by atomic mass is 9.72. The van der Waals surface area contributed by atoms with Gasteiger partial charge in [-0.05, 0) is 91.7 Å². The summed E-state index contributed by atoms with van der Waals surface area (Å²) in [4.78, 5) is 28.3. The van der Waals surface area contributed by atoms with Crippen LogP contribution in [-0.2, 0) is 10.0 Å². The number of carbonyl (C=O) groups is 1. The molecule has 2 aromatic rings. The van der Waals surface area contributed by atoms with E-state index in [1.165, 1.54) is 50.0 Å². The van der Waals surface area contributed by atoms with Crippen LogP contribution in [0.2, 0.25) is 0 Å². The van der Waals surface area contributed by atoms with Gasteiger partial charge in [0.25, 0.3) is 5.91 Å². The zero-order valence-electron chi connectivity index (χ0n) is 27.1. The number of nitrogens with zero attached hydrogens (tertiary/aromatic N) is 5. The minimum atomic E-state index is -2.97. The Morgan fingerprint density at radius 1 is 1.09 bits per heavy atom. The average molecular weight is 635 g/mol. The van der Waals surface area contributed by atoms with Crippen LogP contribution in [-0.4, -0.2) is 91.7 Å². The van der Waals surface area contributed by atoms with E-state index >= 15 is 0 Å². The standard InChI is InChI=1S/C25H34FN5O2.C7H15NO2S.H2/c1-17(2)31(18(3)4)24(32)20-12-19(26)6-7-21(20)33-22-13-27-16-28-23(22)30-14-25(15-30)8-10-29(5)11-9-25;1-11(9,10)8-7-5-3-2-4-6-7;/h6-7,12-13,16-18H,8-11,14-15H2,1-5H3;7-8H,2-6H2,1H3;1H. The van der Waals surface area contributed by atoms with Crippen LogP contribution in [0.1, 0.15) is 84.4 Å². The normalized spacial score (nSPS) is 19.0. The Balaban J connectivity index is 0.000000391. The van der Waals surface area contributed by atoms with Gasteiger partial charge in [0.05, 0.1) is 18.0 Å². The highest BCUT2D eigenvalue weighted by Crippen LogP contribution is 2.44. The molecule has 0 atom stereocenters. The van der Waals surface area contributed by atoms with E-state index in [4.69, 9.17) is 4.74 Å². The number of aromatic nitrogens is 2. The molecule has 1 aromatic carbocycles. The predicted octanol–water partition coefficient (Wildman–Crippen LogP) is 5.31. The summed E-state index contributed by atoms with van der Waals surface area (Å²) in [6, 6.07) is 4.20. The van der Waals surface area contributed by atoms with Crippen molar-refractivity contribution >= 4 is 21.7 Å². The van der Waals surface area contributed by atoms with Gasteiger partial charge in [0, 0.05) is 38.1 Å². The van der Waals surface area contributed by atoms with Crippen LogP contribution in [0.4, 0.5) is 10.2 Å². The zero-order chi connectivity index (χ0) is 32.1. The molecule has 1 saturated carbocycles. The molecule has 0 radical (unpaired) electrons. The first-order chi connectivity index (χ1) is 20.8. The summed E-state index contributed by atoms with van der Waals surface area (Å²) >= 11 is 0. The maximum Gasteiger partial charge on any atom is 0.258 e. The Morgan fingerprint density at radius 3 is 2.32 bits per heavy atom. The minimum Gasteiger partial charge on any atom is -0.451 e. The zero-order valence-corrected chi connectivity index (χ0v) is 27.9. The van der Waals surface area contributed by atoms with Gasteiger partial charge in [-0.1, -0.05) is 19.3 Å². The highest BCUT2D eigenvalue weighted by atomic mass is 32.2. The maximum absolute atomic E-state index is 14.2. The predicted molar refractivity (Wildman–Crippen MR) is 173 cm³/mol. The number of amides is 1. The number of hydrogen-bond donors (Lipinski definition) is 1. The van der Waals surface area contributed by atoms with E-state index in [0.717, 1.165) is 51.9 Å². The molecule has 5 rings (SSSR count). The van der Waals surface area contributed by atoms with Crippen molar-refractivity contribution in [3.05, 3.63) is 42.1 Å². The molecule has 2 aliphatic heterocycles. The van der Waals surface area contributed by atoms with Crippen molar-refractivity contribution in [1.82, 2.24) is 24.5 Å². The van der Waals surface area contributed by atoms with E-state index in [0.29, 0.717) is 22.7 Å². The van der Waals surface area contributed by atoms with Gasteiger partial charge in [0.1, 0.15) is 17.9 Å². The largest absolute Gasteiger partial charge is 0.451 e. The van der Waals surface area contributed by atoms with Gasteiger partial charge in [-0.3, -0.25) is 4.79 Å². The molecular formula is C32H51FN6O4S. The maximum atomic E-state index is 14.2. The molecule has 10 nitrogen and oxygen atoms in total. The number of anilines is 1. The van der Waals surface area contributed by atoms with E-state index < -0.39 is 15.8 Å². The van der Waals surface area contributed by atoms with Crippen molar-refractivity contribution in [2.75, 3.05) is 44.4 Å². The second kappa shape index (κ2) is 14.5. The first kappa shape index (κ1) is 34.1. The van der Waals surface area contributed by atoms with Gasteiger partial charge in [-0.25, -0.2) is 27.5 Å². The lowest BCUT2D eigenvalue weighted by Crippen LogP contribution is -2.60. The fourth-order valence-electron chi connectivity index (χ4n) is 6.55. The first-order valence-corrected chi connectivity index (χ1v) is 17.7. The molecule has 1 aromatic heterocycles. The molecule has 1 spiro atoms. The van der Waals surface area contributed by atoms with E-state index in [-0.39, 0.29) is 31.0 Å². The van der Waals surface area contributed by atoms with Gasteiger partial charge in [-0.2, -0.15) is 0 Å². The fraction of sp³-hybridized carbons (Fsp3) is 0.656. The highest BCUT2D eigenvalue weighted by Gasteiger charge is 2.45. The summed E-state index contributed by atoms with van der Waals surface area (Å²) in [5.74, 6) is 0.749. The van der Waals surface area contributed by atoms with Gasteiger partial charge in [0.15, 0.2) is 11.6 Å². The first-order valence-electron chi connectivity index (χ1n) is 15.8. The monoisotopic (exact) mass is 634 g/mol.